The summed E-state index contributed by atoms with van der Waals surface area (Å²) < 4.78 is 0. The SMILES string of the molecule is CCCCCCCCCCCCCCC(O)CN(CCSC(=O)CC(=O)SCCN(CC(O)CCCCCCCCCCCCCC)CC(O)CCCCCCCCCCCCCC)CC(O)CCCCCCCCCCCCCC. The molecule has 484 valence electrons. The average Bonchev–Trinajstić information content (AvgIpc) is 3.44. The maximum absolute atomic E-state index is 13.2. The van der Waals surface area contributed by atoms with Gasteiger partial charge in [-0.25, -0.2) is 0 Å². The van der Waals surface area contributed by atoms with Crippen molar-refractivity contribution in [2.45, 2.75) is 392 Å². The molecule has 0 amide bonds. The van der Waals surface area contributed by atoms with E-state index in [2.05, 4.69) is 37.5 Å². The molecular formula is C71H142N2O6S2. The van der Waals surface area contributed by atoms with Gasteiger partial charge in [-0.05, 0) is 25.7 Å². The smallest absolute Gasteiger partial charge is 0.197 e. The Kier molecular flexibility index (Phi) is 65.6. The van der Waals surface area contributed by atoms with E-state index in [9.17, 15) is 30.0 Å². The third-order valence-electron chi connectivity index (χ3n) is 17.1. The quantitative estimate of drug-likeness (QED) is 0.0346. The predicted molar refractivity (Wildman–Crippen MR) is 359 cm³/mol. The van der Waals surface area contributed by atoms with Crippen LogP contribution in [-0.2, 0) is 9.59 Å². The van der Waals surface area contributed by atoms with Crippen molar-refractivity contribution in [1.82, 2.24) is 9.80 Å². The molecule has 81 heavy (non-hydrogen) atoms. The Morgan fingerprint density at radius 3 is 0.605 bits per heavy atom. The molecule has 0 fully saturated rings. The van der Waals surface area contributed by atoms with E-state index < -0.39 is 24.4 Å². The van der Waals surface area contributed by atoms with E-state index in [0.717, 1.165) is 77.0 Å². The van der Waals surface area contributed by atoms with Crippen LogP contribution >= 0.6 is 23.5 Å². The van der Waals surface area contributed by atoms with Crippen molar-refractivity contribution in [2.24, 2.45) is 0 Å². The lowest BCUT2D eigenvalue weighted by Gasteiger charge is -2.27. The second kappa shape index (κ2) is 65.8. The summed E-state index contributed by atoms with van der Waals surface area (Å²) >= 11 is 2.40. The third-order valence-corrected chi connectivity index (χ3v) is 18.8. The Morgan fingerprint density at radius 2 is 0.432 bits per heavy atom. The number of carbonyl (C=O) groups is 2. The van der Waals surface area contributed by atoms with Crippen LogP contribution in [0.4, 0.5) is 0 Å². The molecule has 4 unspecified atom stereocenters. The Morgan fingerprint density at radius 1 is 0.272 bits per heavy atom. The summed E-state index contributed by atoms with van der Waals surface area (Å²) in [6.07, 6.45) is 63.0. The summed E-state index contributed by atoms with van der Waals surface area (Å²) in [4.78, 5) is 30.7. The number of unbranched alkanes of at least 4 members (excludes halogenated alkanes) is 44. The molecule has 4 N–H and O–H groups in total. The molecule has 0 aliphatic carbocycles. The number of carbonyl (C=O) groups excluding carboxylic acids is 2. The number of thioether (sulfide) groups is 2. The molecule has 0 radical (unpaired) electrons. The normalized spacial score (nSPS) is 13.5. The second-order valence-corrected chi connectivity index (χ2v) is 27.8. The van der Waals surface area contributed by atoms with Gasteiger partial charge in [-0.3, -0.25) is 19.4 Å². The molecule has 0 aliphatic rings. The number of hydrogen-bond acceptors (Lipinski definition) is 10. The molecule has 0 aromatic rings. The summed E-state index contributed by atoms with van der Waals surface area (Å²) in [5.41, 5.74) is 0. The van der Waals surface area contributed by atoms with Gasteiger partial charge in [0.2, 0.25) is 0 Å². The second-order valence-electron chi connectivity index (χ2n) is 25.5. The fraction of sp³-hybridized carbons (Fsp3) is 0.972. The van der Waals surface area contributed by atoms with Gasteiger partial charge in [0.1, 0.15) is 0 Å². The molecule has 0 saturated carbocycles. The summed E-state index contributed by atoms with van der Waals surface area (Å²) in [6.45, 7) is 12.2. The van der Waals surface area contributed by atoms with E-state index >= 15 is 0 Å². The van der Waals surface area contributed by atoms with Gasteiger partial charge >= 0.3 is 0 Å². The maximum Gasteiger partial charge on any atom is 0.197 e. The van der Waals surface area contributed by atoms with Gasteiger partial charge in [0.15, 0.2) is 10.2 Å². The molecule has 8 nitrogen and oxygen atoms in total. The van der Waals surface area contributed by atoms with E-state index in [4.69, 9.17) is 0 Å². The average molecular weight is 1180 g/mol. The third kappa shape index (κ3) is 62.7. The molecule has 0 spiro atoms. The highest BCUT2D eigenvalue weighted by atomic mass is 32.2. The molecule has 0 bridgehead atoms. The van der Waals surface area contributed by atoms with Gasteiger partial charge in [0, 0.05) is 50.8 Å². The Bertz CT molecular complexity index is 1100. The van der Waals surface area contributed by atoms with E-state index in [0.29, 0.717) is 50.8 Å². The number of rotatable bonds is 68. The van der Waals surface area contributed by atoms with Crippen LogP contribution < -0.4 is 0 Å². The molecule has 0 aromatic heterocycles. The van der Waals surface area contributed by atoms with Crippen molar-refractivity contribution in [3.63, 3.8) is 0 Å². The highest BCUT2D eigenvalue weighted by molar-refractivity contribution is 8.15. The van der Waals surface area contributed by atoms with Crippen molar-refractivity contribution in [3.8, 4) is 0 Å². The first-order valence-corrected chi connectivity index (χ1v) is 38.1. The molecular weight excluding hydrogens is 1040 g/mol. The van der Waals surface area contributed by atoms with E-state index in [1.807, 2.05) is 0 Å². The first-order chi connectivity index (χ1) is 39.6. The van der Waals surface area contributed by atoms with Gasteiger partial charge in [-0.15, -0.1) is 0 Å². The van der Waals surface area contributed by atoms with E-state index in [1.54, 1.807) is 0 Å². The highest BCUT2D eigenvalue weighted by Crippen LogP contribution is 2.20. The van der Waals surface area contributed by atoms with Gasteiger partial charge in [-0.1, -0.05) is 359 Å². The van der Waals surface area contributed by atoms with Crippen molar-refractivity contribution < 1.29 is 30.0 Å². The summed E-state index contributed by atoms with van der Waals surface area (Å²) in [7, 11) is 0. The fourth-order valence-corrected chi connectivity index (χ4v) is 13.5. The molecule has 0 aliphatic heterocycles. The monoisotopic (exact) mass is 1180 g/mol. The largest absolute Gasteiger partial charge is 0.392 e. The lowest BCUT2D eigenvalue weighted by molar-refractivity contribution is -0.117. The molecule has 0 saturated heterocycles. The Balaban J connectivity index is 5.06. The summed E-state index contributed by atoms with van der Waals surface area (Å²) in [5, 5.41) is 44.4. The topological polar surface area (TPSA) is 122 Å². The molecule has 0 rings (SSSR count). The van der Waals surface area contributed by atoms with Crippen LogP contribution in [0.2, 0.25) is 0 Å². The number of aliphatic hydroxyl groups excluding tert-OH is 4. The van der Waals surface area contributed by atoms with Gasteiger partial charge in [0.05, 0.1) is 30.8 Å². The zero-order valence-electron chi connectivity index (χ0n) is 54.8. The molecule has 4 atom stereocenters. The first kappa shape index (κ1) is 80.8. The molecule has 10 heteroatoms. The van der Waals surface area contributed by atoms with Crippen molar-refractivity contribution >= 4 is 33.8 Å². The molecule has 0 aromatic carbocycles. The standard InChI is InChI=1S/C71H142N2O6S2/c1-5-9-13-17-21-25-29-33-37-41-45-49-53-66(74)62-72(63-67(75)54-50-46-42-38-34-30-26-22-18-14-10-6-2)57-59-80-70(78)61-71(79)81-60-58-73(64-68(76)55-51-47-43-39-35-31-27-23-19-15-11-7-3)65-69(77)56-52-48-44-40-36-32-28-24-20-16-12-8-4/h66-69,74-77H,5-65H2,1-4H3. The lowest BCUT2D eigenvalue weighted by Crippen LogP contribution is -2.39. The first-order valence-electron chi connectivity index (χ1n) is 36.1. The molecule has 0 heterocycles. The van der Waals surface area contributed by atoms with Gasteiger partial charge in [-0.2, -0.15) is 0 Å². The number of nitrogens with zero attached hydrogens (tertiary/aromatic N) is 2. The number of aliphatic hydroxyl groups is 4. The van der Waals surface area contributed by atoms with Crippen molar-refractivity contribution in [2.75, 3.05) is 50.8 Å². The van der Waals surface area contributed by atoms with E-state index in [-0.39, 0.29) is 16.7 Å². The Hall–Kier alpha value is -0.200. The van der Waals surface area contributed by atoms with Gasteiger partial charge in [0.25, 0.3) is 0 Å². The van der Waals surface area contributed by atoms with Crippen LogP contribution in [0.3, 0.4) is 0 Å². The summed E-state index contributed by atoms with van der Waals surface area (Å²) in [5.74, 6) is 1.05. The van der Waals surface area contributed by atoms with E-state index in [1.165, 1.54) is 280 Å². The minimum absolute atomic E-state index is 0.123. The van der Waals surface area contributed by atoms with Crippen LogP contribution in [0.5, 0.6) is 0 Å². The maximum atomic E-state index is 13.2. The lowest BCUT2D eigenvalue weighted by atomic mass is 10.0. The zero-order chi connectivity index (χ0) is 59.2. The van der Waals surface area contributed by atoms with Crippen LogP contribution in [0.25, 0.3) is 0 Å². The van der Waals surface area contributed by atoms with Crippen LogP contribution in [0.15, 0.2) is 0 Å². The summed E-state index contributed by atoms with van der Waals surface area (Å²) in [6, 6.07) is 0. The minimum atomic E-state index is -0.462. The fourth-order valence-electron chi connectivity index (χ4n) is 11.8. The zero-order valence-corrected chi connectivity index (χ0v) is 56.4. The predicted octanol–water partition coefficient (Wildman–Crippen LogP) is 20.3. The van der Waals surface area contributed by atoms with Crippen LogP contribution in [0, 0.1) is 0 Å². The number of hydrogen-bond donors (Lipinski definition) is 4. The van der Waals surface area contributed by atoms with Gasteiger partial charge < -0.3 is 20.4 Å². The highest BCUT2D eigenvalue weighted by Gasteiger charge is 2.20. The van der Waals surface area contributed by atoms with Crippen molar-refractivity contribution in [3.05, 3.63) is 0 Å². The van der Waals surface area contributed by atoms with Crippen LogP contribution in [0.1, 0.15) is 368 Å². The van der Waals surface area contributed by atoms with Crippen molar-refractivity contribution in [1.29, 1.82) is 0 Å². The van der Waals surface area contributed by atoms with Crippen LogP contribution in [-0.4, -0.2) is 116 Å². The minimum Gasteiger partial charge on any atom is -0.392 e. The Labute approximate surface area is 514 Å².